The fourth-order valence-electron chi connectivity index (χ4n) is 1.54. The molecule has 0 aliphatic carbocycles. The Labute approximate surface area is 128 Å². The maximum Gasteiger partial charge on any atom is 0.338 e. The molecular weight excluding hydrogens is 316 g/mol. The molecule has 2 rings (SSSR count). The summed E-state index contributed by atoms with van der Waals surface area (Å²) < 4.78 is 0. The maximum atomic E-state index is 11.2. The summed E-state index contributed by atoms with van der Waals surface area (Å²) in [6, 6.07) is 8.12. The summed E-state index contributed by atoms with van der Waals surface area (Å²) in [6.45, 7) is 0. The number of hydrogen-bond acceptors (Lipinski definition) is 5. The lowest BCUT2D eigenvalue weighted by Gasteiger charge is -2.05. The van der Waals surface area contributed by atoms with Gasteiger partial charge in [0.25, 0.3) is 5.69 Å². The third-order valence-corrected chi connectivity index (χ3v) is 3.90. The normalized spacial score (nSPS) is 10.3. The van der Waals surface area contributed by atoms with Crippen molar-refractivity contribution in [1.29, 1.82) is 0 Å². The van der Waals surface area contributed by atoms with Gasteiger partial charge in [-0.3, -0.25) is 10.1 Å². The van der Waals surface area contributed by atoms with Gasteiger partial charge < -0.3 is 5.11 Å². The van der Waals surface area contributed by atoms with Crippen molar-refractivity contribution in [3.63, 3.8) is 0 Å². The van der Waals surface area contributed by atoms with Gasteiger partial charge in [0.05, 0.1) is 10.5 Å². The minimum absolute atomic E-state index is 0.178. The Kier molecular flexibility index (Phi) is 4.77. The molecule has 108 valence electrons. The van der Waals surface area contributed by atoms with E-state index in [-0.39, 0.29) is 16.3 Å². The number of pyridine rings is 1. The number of benzene rings is 1. The Bertz CT molecular complexity index is 691. The lowest BCUT2D eigenvalue weighted by molar-refractivity contribution is -0.385. The first-order chi connectivity index (χ1) is 9.97. The van der Waals surface area contributed by atoms with E-state index in [1.807, 2.05) is 12.1 Å². The van der Waals surface area contributed by atoms with Crippen LogP contribution in [0.4, 0.5) is 5.69 Å². The molecule has 0 saturated heterocycles. The molecule has 1 aromatic carbocycles. The summed E-state index contributed by atoms with van der Waals surface area (Å²) >= 11 is 6.98. The summed E-state index contributed by atoms with van der Waals surface area (Å²) in [6.07, 6.45) is 1.05. The molecule has 0 amide bonds. The van der Waals surface area contributed by atoms with Crippen molar-refractivity contribution in [2.75, 3.05) is 0 Å². The van der Waals surface area contributed by atoms with E-state index in [0.717, 1.165) is 17.8 Å². The molecule has 0 aliphatic rings. The van der Waals surface area contributed by atoms with Crippen LogP contribution in [-0.2, 0) is 5.75 Å². The van der Waals surface area contributed by atoms with Gasteiger partial charge in [0.15, 0.2) is 0 Å². The zero-order valence-corrected chi connectivity index (χ0v) is 12.1. The second-order valence-electron chi connectivity index (χ2n) is 4.02. The SMILES string of the molecule is O=C(O)c1cc([N+](=O)[O-])cnc1SCc1ccc(Cl)cc1. The number of thioether (sulfide) groups is 1. The van der Waals surface area contributed by atoms with Crippen LogP contribution >= 0.6 is 23.4 Å². The predicted molar refractivity (Wildman–Crippen MR) is 78.9 cm³/mol. The van der Waals surface area contributed by atoms with Gasteiger partial charge in [0.2, 0.25) is 0 Å². The number of halogens is 1. The molecule has 0 aliphatic heterocycles. The standard InChI is InChI=1S/C13H9ClN2O4S/c14-9-3-1-8(2-4-9)7-21-12-11(13(17)18)5-10(6-15-12)16(19)20/h1-6H,7H2,(H,17,18). The van der Waals surface area contributed by atoms with Crippen LogP contribution in [0, 0.1) is 10.1 Å². The van der Waals surface area contributed by atoms with E-state index in [1.54, 1.807) is 12.1 Å². The lowest BCUT2D eigenvalue weighted by atomic mass is 10.2. The first-order valence-corrected chi connectivity index (χ1v) is 7.08. The van der Waals surface area contributed by atoms with E-state index in [2.05, 4.69) is 4.98 Å². The molecule has 1 aromatic heterocycles. The van der Waals surface area contributed by atoms with Crippen molar-refractivity contribution in [2.45, 2.75) is 10.8 Å². The molecule has 0 fully saturated rings. The quantitative estimate of drug-likeness (QED) is 0.512. The van der Waals surface area contributed by atoms with Gasteiger partial charge in [0.1, 0.15) is 11.2 Å². The van der Waals surface area contributed by atoms with Crippen LogP contribution in [0.15, 0.2) is 41.6 Å². The summed E-state index contributed by atoms with van der Waals surface area (Å²) in [5, 5.41) is 20.6. The second-order valence-corrected chi connectivity index (χ2v) is 5.42. The van der Waals surface area contributed by atoms with Gasteiger partial charge in [-0.2, -0.15) is 0 Å². The summed E-state index contributed by atoms with van der Waals surface area (Å²) in [5.74, 6) is -0.757. The Morgan fingerprint density at radius 1 is 1.38 bits per heavy atom. The van der Waals surface area contributed by atoms with Crippen LogP contribution in [0.2, 0.25) is 5.02 Å². The first kappa shape index (κ1) is 15.3. The highest BCUT2D eigenvalue weighted by molar-refractivity contribution is 7.98. The number of nitro groups is 1. The minimum atomic E-state index is -1.25. The van der Waals surface area contributed by atoms with Gasteiger partial charge in [-0.05, 0) is 17.7 Å². The lowest BCUT2D eigenvalue weighted by Crippen LogP contribution is -2.03. The Morgan fingerprint density at radius 2 is 2.05 bits per heavy atom. The van der Waals surface area contributed by atoms with Crippen molar-refractivity contribution in [1.82, 2.24) is 4.98 Å². The van der Waals surface area contributed by atoms with Crippen LogP contribution < -0.4 is 0 Å². The zero-order valence-electron chi connectivity index (χ0n) is 10.5. The predicted octanol–water partition coefficient (Wildman–Crippen LogP) is 3.63. The fourth-order valence-corrected chi connectivity index (χ4v) is 2.59. The fraction of sp³-hybridized carbons (Fsp3) is 0.0769. The largest absolute Gasteiger partial charge is 0.478 e. The Hall–Kier alpha value is -2.12. The Balaban J connectivity index is 2.21. The topological polar surface area (TPSA) is 93.3 Å². The van der Waals surface area contributed by atoms with Gasteiger partial charge in [-0.15, -0.1) is 11.8 Å². The molecule has 0 saturated carbocycles. The van der Waals surface area contributed by atoms with Crippen LogP contribution in [-0.4, -0.2) is 21.0 Å². The molecule has 0 spiro atoms. The highest BCUT2D eigenvalue weighted by Crippen LogP contribution is 2.27. The zero-order chi connectivity index (χ0) is 15.4. The molecule has 1 heterocycles. The summed E-state index contributed by atoms with van der Waals surface area (Å²) in [5.41, 5.74) is 0.423. The molecule has 0 unspecified atom stereocenters. The van der Waals surface area contributed by atoms with E-state index < -0.39 is 10.9 Å². The number of nitrogens with zero attached hydrogens (tertiary/aromatic N) is 2. The number of carboxylic acids is 1. The number of carbonyl (C=O) groups is 1. The first-order valence-electron chi connectivity index (χ1n) is 5.72. The average molecular weight is 325 g/mol. The molecule has 6 nitrogen and oxygen atoms in total. The van der Waals surface area contributed by atoms with E-state index in [0.29, 0.717) is 10.8 Å². The number of aromatic nitrogens is 1. The van der Waals surface area contributed by atoms with Crippen LogP contribution in [0.3, 0.4) is 0 Å². The molecule has 21 heavy (non-hydrogen) atoms. The molecule has 0 atom stereocenters. The van der Waals surface area contributed by atoms with Gasteiger partial charge >= 0.3 is 5.97 Å². The second kappa shape index (κ2) is 6.55. The summed E-state index contributed by atoms with van der Waals surface area (Å²) in [7, 11) is 0. The smallest absolute Gasteiger partial charge is 0.338 e. The number of carboxylic acid groups (broad SMARTS) is 1. The molecule has 1 N–H and O–H groups in total. The average Bonchev–Trinajstić information content (AvgIpc) is 2.46. The van der Waals surface area contributed by atoms with E-state index in [9.17, 15) is 14.9 Å². The van der Waals surface area contributed by atoms with E-state index >= 15 is 0 Å². The number of hydrogen-bond donors (Lipinski definition) is 1. The van der Waals surface area contributed by atoms with Gasteiger partial charge in [-0.1, -0.05) is 23.7 Å². The summed E-state index contributed by atoms with van der Waals surface area (Å²) in [4.78, 5) is 25.0. The van der Waals surface area contributed by atoms with Crippen LogP contribution in [0.1, 0.15) is 15.9 Å². The minimum Gasteiger partial charge on any atom is -0.478 e. The molecule has 0 radical (unpaired) electrons. The number of aromatic carboxylic acids is 1. The third kappa shape index (κ3) is 3.93. The van der Waals surface area contributed by atoms with Crippen molar-refractivity contribution >= 4 is 35.0 Å². The highest BCUT2D eigenvalue weighted by atomic mass is 35.5. The van der Waals surface area contributed by atoms with Crippen molar-refractivity contribution < 1.29 is 14.8 Å². The van der Waals surface area contributed by atoms with Crippen molar-refractivity contribution in [3.8, 4) is 0 Å². The number of rotatable bonds is 5. The maximum absolute atomic E-state index is 11.2. The Morgan fingerprint density at radius 3 is 2.62 bits per heavy atom. The van der Waals surface area contributed by atoms with Crippen LogP contribution in [0.5, 0.6) is 0 Å². The molecule has 0 bridgehead atoms. The third-order valence-electron chi connectivity index (χ3n) is 2.57. The van der Waals surface area contributed by atoms with Crippen molar-refractivity contribution in [3.05, 3.63) is 62.8 Å². The highest BCUT2D eigenvalue weighted by Gasteiger charge is 2.17. The monoisotopic (exact) mass is 324 g/mol. The van der Waals surface area contributed by atoms with Gasteiger partial charge in [0, 0.05) is 16.8 Å². The van der Waals surface area contributed by atoms with Crippen molar-refractivity contribution in [2.24, 2.45) is 0 Å². The van der Waals surface area contributed by atoms with Crippen LogP contribution in [0.25, 0.3) is 0 Å². The molecule has 8 heteroatoms. The van der Waals surface area contributed by atoms with Gasteiger partial charge in [-0.25, -0.2) is 9.78 Å². The van der Waals surface area contributed by atoms with E-state index in [1.165, 1.54) is 11.8 Å². The van der Waals surface area contributed by atoms with E-state index in [4.69, 9.17) is 16.7 Å². The molecular formula is C13H9ClN2O4S. The molecule has 2 aromatic rings.